The smallest absolute Gasteiger partial charge is 0.412 e. The van der Waals surface area contributed by atoms with Gasteiger partial charge in [0.2, 0.25) is 0 Å². The third-order valence-electron chi connectivity index (χ3n) is 1.27. The Kier molecular flexibility index (Phi) is 3.79. The predicted octanol–water partition coefficient (Wildman–Crippen LogP) is 2.36. The number of hydrogen-bond acceptors (Lipinski definition) is 1. The molecule has 0 bridgehead atoms. The average molecular weight is 182 g/mol. The molecule has 0 heterocycles. The van der Waals surface area contributed by atoms with Gasteiger partial charge in [-0.05, 0) is 12.8 Å². The van der Waals surface area contributed by atoms with Gasteiger partial charge < -0.3 is 5.11 Å². The van der Waals surface area contributed by atoms with Gasteiger partial charge in [-0.15, -0.1) is 0 Å². The molecule has 1 N–H and O–H groups in total. The second-order valence-electron chi connectivity index (χ2n) is 2.35. The summed E-state index contributed by atoms with van der Waals surface area (Å²) in [5, 5.41) is 8.12. The second kappa shape index (κ2) is 4.13. The highest BCUT2D eigenvalue weighted by atomic mass is 19.4. The molecule has 0 aliphatic heterocycles. The van der Waals surface area contributed by atoms with Gasteiger partial charge in [-0.3, -0.25) is 4.79 Å². The van der Waals surface area contributed by atoms with Gasteiger partial charge in [-0.2, -0.15) is 13.2 Å². The number of hydrogen-bond donors (Lipinski definition) is 1. The summed E-state index contributed by atoms with van der Waals surface area (Å²) in [5.74, 6) is -1.09. The molecule has 12 heavy (non-hydrogen) atoms. The normalized spacial score (nSPS) is 11.2. The van der Waals surface area contributed by atoms with E-state index in [0.717, 1.165) is 0 Å². The molecular weight excluding hydrogens is 173 g/mol. The highest BCUT2D eigenvalue weighted by Gasteiger charge is 2.30. The highest BCUT2D eigenvalue weighted by molar-refractivity contribution is 5.66. The maximum Gasteiger partial charge on any atom is 0.412 e. The molecule has 0 atom stereocenters. The van der Waals surface area contributed by atoms with Crippen LogP contribution in [0.15, 0.2) is 12.2 Å². The Balaban J connectivity index is 3.66. The molecule has 0 radical (unpaired) electrons. The van der Waals surface area contributed by atoms with Crippen LogP contribution in [0, 0.1) is 0 Å². The van der Waals surface area contributed by atoms with Crippen LogP contribution >= 0.6 is 0 Å². The van der Waals surface area contributed by atoms with Gasteiger partial charge in [0.05, 0.1) is 0 Å². The minimum Gasteiger partial charge on any atom is -0.481 e. The van der Waals surface area contributed by atoms with E-state index in [9.17, 15) is 18.0 Å². The van der Waals surface area contributed by atoms with Crippen molar-refractivity contribution in [1.82, 2.24) is 0 Å². The zero-order valence-corrected chi connectivity index (χ0v) is 6.32. The summed E-state index contributed by atoms with van der Waals surface area (Å²) in [5.41, 5.74) is -0.872. The largest absolute Gasteiger partial charge is 0.481 e. The zero-order valence-electron chi connectivity index (χ0n) is 6.32. The van der Waals surface area contributed by atoms with E-state index in [4.69, 9.17) is 5.11 Å². The van der Waals surface area contributed by atoms with E-state index in [-0.39, 0.29) is 19.3 Å². The highest BCUT2D eigenvalue weighted by Crippen LogP contribution is 2.27. The standard InChI is InChI=1S/C7H9F3O2/c1-5(7(8,9)10)3-2-4-6(11)12/h1-4H2,(H,11,12). The average Bonchev–Trinajstić information content (AvgIpc) is 1.84. The summed E-state index contributed by atoms with van der Waals surface area (Å²) in [7, 11) is 0. The third kappa shape index (κ3) is 4.76. The first-order valence-electron chi connectivity index (χ1n) is 3.31. The van der Waals surface area contributed by atoms with Crippen molar-refractivity contribution < 1.29 is 23.1 Å². The van der Waals surface area contributed by atoms with Crippen LogP contribution in [0.1, 0.15) is 19.3 Å². The third-order valence-corrected chi connectivity index (χ3v) is 1.27. The van der Waals surface area contributed by atoms with Crippen molar-refractivity contribution in [1.29, 1.82) is 0 Å². The molecule has 0 aliphatic rings. The molecule has 0 aromatic heterocycles. The monoisotopic (exact) mass is 182 g/mol. The first-order valence-corrected chi connectivity index (χ1v) is 3.31. The lowest BCUT2D eigenvalue weighted by Crippen LogP contribution is -2.10. The van der Waals surface area contributed by atoms with Gasteiger partial charge in [0.25, 0.3) is 0 Å². The predicted molar refractivity (Wildman–Crippen MR) is 36.7 cm³/mol. The molecule has 0 saturated heterocycles. The van der Waals surface area contributed by atoms with E-state index < -0.39 is 17.7 Å². The molecule has 0 amide bonds. The maximum absolute atomic E-state index is 11.7. The van der Waals surface area contributed by atoms with Crippen LogP contribution in [0.3, 0.4) is 0 Å². The molecular formula is C7H9F3O2. The van der Waals surface area contributed by atoms with Crippen LogP contribution in [-0.2, 0) is 4.79 Å². The fourth-order valence-corrected chi connectivity index (χ4v) is 0.595. The molecule has 0 aliphatic carbocycles. The van der Waals surface area contributed by atoms with Crippen LogP contribution in [-0.4, -0.2) is 17.3 Å². The Morgan fingerprint density at radius 2 is 1.83 bits per heavy atom. The van der Waals surface area contributed by atoms with Crippen molar-refractivity contribution in [2.75, 3.05) is 0 Å². The molecule has 0 fully saturated rings. The number of allylic oxidation sites excluding steroid dienone is 1. The van der Waals surface area contributed by atoms with E-state index in [1.807, 2.05) is 0 Å². The van der Waals surface area contributed by atoms with Crippen LogP contribution in [0.5, 0.6) is 0 Å². The Hall–Kier alpha value is -1.00. The SMILES string of the molecule is C=C(CCCC(=O)O)C(F)(F)F. The van der Waals surface area contributed by atoms with Crippen molar-refractivity contribution in [2.45, 2.75) is 25.4 Å². The molecule has 0 aromatic carbocycles. The Bertz CT molecular complexity index is 184. The number of aliphatic carboxylic acids is 1. The Labute approximate surface area is 67.7 Å². The Morgan fingerprint density at radius 1 is 1.33 bits per heavy atom. The summed E-state index contributed by atoms with van der Waals surface area (Å²) in [6, 6.07) is 0. The second-order valence-corrected chi connectivity index (χ2v) is 2.35. The first kappa shape index (κ1) is 11.0. The van der Waals surface area contributed by atoms with Gasteiger partial charge in [-0.1, -0.05) is 6.58 Å². The van der Waals surface area contributed by atoms with Crippen molar-refractivity contribution in [2.24, 2.45) is 0 Å². The van der Waals surface area contributed by atoms with Gasteiger partial charge in [-0.25, -0.2) is 0 Å². The van der Waals surface area contributed by atoms with E-state index >= 15 is 0 Å². The number of rotatable bonds is 4. The van der Waals surface area contributed by atoms with Gasteiger partial charge in [0.15, 0.2) is 0 Å². The lowest BCUT2D eigenvalue weighted by Gasteiger charge is -2.08. The van der Waals surface area contributed by atoms with E-state index in [2.05, 4.69) is 6.58 Å². The first-order chi connectivity index (χ1) is 5.34. The number of halogens is 3. The van der Waals surface area contributed by atoms with E-state index in [0.29, 0.717) is 0 Å². The quantitative estimate of drug-likeness (QED) is 0.677. The van der Waals surface area contributed by atoms with E-state index in [1.54, 1.807) is 0 Å². The summed E-state index contributed by atoms with van der Waals surface area (Å²) in [4.78, 5) is 9.92. The molecule has 70 valence electrons. The molecule has 5 heteroatoms. The lowest BCUT2D eigenvalue weighted by atomic mass is 10.1. The fraction of sp³-hybridized carbons (Fsp3) is 0.571. The fourth-order valence-electron chi connectivity index (χ4n) is 0.595. The minimum absolute atomic E-state index is 0.0202. The van der Waals surface area contributed by atoms with Crippen molar-refractivity contribution in [3.8, 4) is 0 Å². The van der Waals surface area contributed by atoms with Crippen LogP contribution < -0.4 is 0 Å². The molecule has 0 aromatic rings. The lowest BCUT2D eigenvalue weighted by molar-refractivity contribution is -0.137. The van der Waals surface area contributed by atoms with Crippen LogP contribution in [0.25, 0.3) is 0 Å². The number of carboxylic acids is 1. The summed E-state index contributed by atoms with van der Waals surface area (Å²) >= 11 is 0. The molecule has 0 spiro atoms. The van der Waals surface area contributed by atoms with Gasteiger partial charge >= 0.3 is 12.1 Å². The van der Waals surface area contributed by atoms with Crippen molar-refractivity contribution >= 4 is 5.97 Å². The summed E-state index contributed by atoms with van der Waals surface area (Å²) < 4.78 is 35.2. The molecule has 2 nitrogen and oxygen atoms in total. The zero-order chi connectivity index (χ0) is 9.78. The van der Waals surface area contributed by atoms with Crippen molar-refractivity contribution in [3.05, 3.63) is 12.2 Å². The summed E-state index contributed by atoms with van der Waals surface area (Å²) in [6.07, 6.45) is -4.98. The van der Waals surface area contributed by atoms with Crippen molar-refractivity contribution in [3.63, 3.8) is 0 Å². The van der Waals surface area contributed by atoms with E-state index in [1.165, 1.54) is 0 Å². The molecule has 0 unspecified atom stereocenters. The molecule has 0 saturated carbocycles. The van der Waals surface area contributed by atoms with Gasteiger partial charge in [0, 0.05) is 12.0 Å². The van der Waals surface area contributed by atoms with Crippen LogP contribution in [0.4, 0.5) is 13.2 Å². The van der Waals surface area contributed by atoms with Gasteiger partial charge in [0.1, 0.15) is 0 Å². The maximum atomic E-state index is 11.7. The number of carbonyl (C=O) groups is 1. The number of alkyl halides is 3. The molecule has 0 rings (SSSR count). The van der Waals surface area contributed by atoms with Crippen LogP contribution in [0.2, 0.25) is 0 Å². The summed E-state index contributed by atoms with van der Waals surface area (Å²) in [6.45, 7) is 2.80. The topological polar surface area (TPSA) is 37.3 Å². The minimum atomic E-state index is -4.39. The Morgan fingerprint density at radius 3 is 2.17 bits per heavy atom. The number of carboxylic acid groups (broad SMARTS) is 1.